The highest BCUT2D eigenvalue weighted by atomic mass is 32.2. The molecule has 28 nitrogen and oxygen atoms in total. The second-order valence-corrected chi connectivity index (χ2v) is 27.0. The summed E-state index contributed by atoms with van der Waals surface area (Å²) in [6.45, 7) is 3.31. The standard InChI is InChI=1S/C72H82N16O12S2/c89-65(55-17-13-37-73-47-55)75-39-7-1-3-9-41-77-67(91)57-19-15-45-87(51-57)49-53-21-33-63(34-22-53)101(97,98)85-61-29-25-59(26-30-61)81-83-71(95)69(93)79-43-11-5-6-12-44-80-70(94)72(96)84-82-60-27-31-62(32-28-60)86-102(99,100)64-35-23-54(24-36-64)50-88-46-16-20-58(52-88)68(92)78-42-10-4-2-8-40-76-66(90)56-18-14-38-74-48-56/h13-38,45-48,51-52H,1-12,39-44,49-50H2,(H10-2,75,76,77,78,79,80,81,82,83,84,85,86,89,90,91,92,93,94,95,96)/p+2. The van der Waals surface area contributed by atoms with Crippen molar-refractivity contribution in [3.05, 3.63) is 229 Å². The van der Waals surface area contributed by atoms with Gasteiger partial charge < -0.3 is 31.9 Å². The lowest BCUT2D eigenvalue weighted by Gasteiger charge is -2.11. The van der Waals surface area contributed by atoms with E-state index in [2.05, 4.69) is 73.0 Å². The third-order valence-electron chi connectivity index (χ3n) is 15.6. The molecule has 4 aromatic carbocycles. The van der Waals surface area contributed by atoms with Crippen LogP contribution in [0.1, 0.15) is 130 Å². The molecule has 0 spiro atoms. The van der Waals surface area contributed by atoms with Crippen LogP contribution in [-0.4, -0.2) is 113 Å². The van der Waals surface area contributed by atoms with E-state index < -0.39 is 43.7 Å². The van der Waals surface area contributed by atoms with Crippen LogP contribution in [0.3, 0.4) is 0 Å². The van der Waals surface area contributed by atoms with Gasteiger partial charge in [0.2, 0.25) is 0 Å². The number of carbonyl (C=O) groups excluding carboxylic acids is 8. The van der Waals surface area contributed by atoms with Gasteiger partial charge in [-0.3, -0.25) is 79.5 Å². The highest BCUT2D eigenvalue weighted by molar-refractivity contribution is 7.93. The number of amides is 8. The largest absolute Gasteiger partial charge is 0.352 e. The lowest BCUT2D eigenvalue weighted by molar-refractivity contribution is -0.688. The molecule has 0 aliphatic rings. The molecule has 4 heterocycles. The van der Waals surface area contributed by atoms with Crippen LogP contribution >= 0.6 is 0 Å². The van der Waals surface area contributed by atoms with Gasteiger partial charge in [-0.05, 0) is 148 Å². The molecular formula is C72H84N16O12S2+2. The summed E-state index contributed by atoms with van der Waals surface area (Å²) in [7, 11) is -7.97. The third kappa shape index (κ3) is 25.9. The summed E-state index contributed by atoms with van der Waals surface area (Å²) in [6.07, 6.45) is 22.5. The Morgan fingerprint density at radius 3 is 0.951 bits per heavy atom. The van der Waals surface area contributed by atoms with E-state index in [4.69, 9.17) is 0 Å². The van der Waals surface area contributed by atoms with E-state index in [9.17, 15) is 55.2 Å². The van der Waals surface area contributed by atoms with Crippen molar-refractivity contribution in [3.8, 4) is 0 Å². The third-order valence-corrected chi connectivity index (χ3v) is 18.4. The van der Waals surface area contributed by atoms with Crippen LogP contribution < -0.4 is 72.2 Å². The maximum absolute atomic E-state index is 13.3. The van der Waals surface area contributed by atoms with Crippen molar-refractivity contribution in [2.45, 2.75) is 99.9 Å². The van der Waals surface area contributed by atoms with Gasteiger partial charge >= 0.3 is 23.6 Å². The van der Waals surface area contributed by atoms with Gasteiger partial charge in [0.15, 0.2) is 37.9 Å². The Kier molecular flexibility index (Phi) is 29.7. The number of nitrogens with zero attached hydrogens (tertiary/aromatic N) is 4. The number of carbonyl (C=O) groups is 8. The number of hydrogen-bond acceptors (Lipinski definition) is 16. The average Bonchev–Trinajstić information content (AvgIpc) is 0.826. The number of rotatable bonds is 39. The lowest BCUT2D eigenvalue weighted by Crippen LogP contribution is -2.42. The van der Waals surface area contributed by atoms with Crippen LogP contribution in [0, 0.1) is 0 Å². The van der Waals surface area contributed by atoms with E-state index in [1.807, 2.05) is 21.5 Å². The van der Waals surface area contributed by atoms with E-state index >= 15 is 0 Å². The molecule has 0 saturated carbocycles. The molecular weight excluding hydrogens is 1350 g/mol. The fraction of sp³-hybridized carbons (Fsp3) is 0.278. The molecule has 0 aliphatic carbocycles. The fourth-order valence-corrected chi connectivity index (χ4v) is 12.2. The number of hydrogen-bond donors (Lipinski definition) is 12. The second kappa shape index (κ2) is 39.8. The predicted octanol–water partition coefficient (Wildman–Crippen LogP) is 5.57. The molecule has 0 bridgehead atoms. The highest BCUT2D eigenvalue weighted by Gasteiger charge is 2.20. The Hall–Kier alpha value is -11.7. The molecule has 8 rings (SSSR count). The Labute approximate surface area is 592 Å². The van der Waals surface area contributed by atoms with Crippen molar-refractivity contribution in [2.24, 2.45) is 0 Å². The van der Waals surface area contributed by atoms with Crippen molar-refractivity contribution in [3.63, 3.8) is 0 Å². The summed E-state index contributed by atoms with van der Waals surface area (Å²) in [5.74, 6) is -4.38. The maximum Gasteiger partial charge on any atom is 0.327 e. The molecule has 0 radical (unpaired) electrons. The summed E-state index contributed by atoms with van der Waals surface area (Å²) in [4.78, 5) is 108. The highest BCUT2D eigenvalue weighted by Crippen LogP contribution is 2.21. The number of nitrogens with one attached hydrogen (secondary N) is 12. The quantitative estimate of drug-likeness (QED) is 0.00969. The summed E-state index contributed by atoms with van der Waals surface area (Å²) < 4.78 is 61.8. The van der Waals surface area contributed by atoms with E-state index in [0.29, 0.717) is 98.6 Å². The predicted molar refractivity (Wildman–Crippen MR) is 382 cm³/mol. The molecule has 0 fully saturated rings. The van der Waals surface area contributed by atoms with Crippen LogP contribution in [0.2, 0.25) is 0 Å². The van der Waals surface area contributed by atoms with E-state index in [1.165, 1.54) is 85.2 Å². The van der Waals surface area contributed by atoms with E-state index in [-0.39, 0.29) is 57.9 Å². The molecule has 0 aliphatic heterocycles. The maximum atomic E-state index is 13.3. The van der Waals surface area contributed by atoms with Gasteiger partial charge in [0, 0.05) is 98.7 Å². The molecule has 534 valence electrons. The van der Waals surface area contributed by atoms with Crippen LogP contribution in [0.4, 0.5) is 22.7 Å². The fourth-order valence-electron chi connectivity index (χ4n) is 10.1. The number of unbranched alkanes of at least 4 members (excludes halogenated alkanes) is 9. The first kappa shape index (κ1) is 76.1. The van der Waals surface area contributed by atoms with Crippen molar-refractivity contribution < 1.29 is 64.3 Å². The minimum Gasteiger partial charge on any atom is -0.352 e. The van der Waals surface area contributed by atoms with Gasteiger partial charge in [0.25, 0.3) is 43.7 Å². The number of sulfonamides is 2. The Balaban J connectivity index is 0.624. The normalized spacial score (nSPS) is 11.0. The molecule has 0 saturated heterocycles. The minimum atomic E-state index is -3.99. The summed E-state index contributed by atoms with van der Waals surface area (Å²) in [5, 5.41) is 16.7. The molecule has 12 N–H and O–H groups in total. The zero-order valence-electron chi connectivity index (χ0n) is 56.1. The van der Waals surface area contributed by atoms with Gasteiger partial charge in [-0.25, -0.2) is 16.8 Å². The molecule has 8 amide bonds. The summed E-state index contributed by atoms with van der Waals surface area (Å²) >= 11 is 0. The first-order valence-electron chi connectivity index (χ1n) is 33.4. The zero-order chi connectivity index (χ0) is 72.4. The Bertz CT molecular complexity index is 4060. The molecule has 4 aromatic heterocycles. The molecule has 0 atom stereocenters. The van der Waals surface area contributed by atoms with Crippen LogP contribution in [0.25, 0.3) is 0 Å². The van der Waals surface area contributed by atoms with Crippen LogP contribution in [0.15, 0.2) is 205 Å². The van der Waals surface area contributed by atoms with Gasteiger partial charge in [0.1, 0.15) is 11.1 Å². The first-order chi connectivity index (χ1) is 49.4. The van der Waals surface area contributed by atoms with Crippen molar-refractivity contribution >= 4 is 90.1 Å². The number of pyridine rings is 4. The van der Waals surface area contributed by atoms with Gasteiger partial charge in [0.05, 0.1) is 32.3 Å². The van der Waals surface area contributed by atoms with Crippen LogP contribution in [-0.2, 0) is 52.3 Å². The second-order valence-electron chi connectivity index (χ2n) is 23.6. The summed E-state index contributed by atoms with van der Waals surface area (Å²) in [6, 6.07) is 38.5. The number of anilines is 4. The van der Waals surface area contributed by atoms with Crippen molar-refractivity contribution in [1.82, 2.24) is 52.7 Å². The van der Waals surface area contributed by atoms with E-state index in [1.54, 1.807) is 97.6 Å². The Morgan fingerprint density at radius 2 is 0.627 bits per heavy atom. The lowest BCUT2D eigenvalue weighted by atomic mass is 10.2. The smallest absolute Gasteiger partial charge is 0.327 e. The average molecular weight is 1430 g/mol. The Morgan fingerprint density at radius 1 is 0.324 bits per heavy atom. The number of benzene rings is 4. The SMILES string of the molecule is O=C(NCCCCCCNC(=O)C(=O)NNc1ccc(NS(=O)(=O)c2ccc(C[n+]3cccc(C(=O)NCCCCCCNC(=O)c4cccnc4)c3)cc2)cc1)C(=O)NNc1ccc(NS(=O)(=O)c2ccc(C[n+]3cccc(C(=O)NCCCCCCNC(=O)c4cccnc4)c3)cc2)cc1. The van der Waals surface area contributed by atoms with Crippen molar-refractivity contribution in [1.29, 1.82) is 0 Å². The van der Waals surface area contributed by atoms with Gasteiger partial charge in [-0.1, -0.05) is 62.8 Å². The zero-order valence-corrected chi connectivity index (χ0v) is 57.8. The first-order valence-corrected chi connectivity index (χ1v) is 36.4. The number of hydrazine groups is 2. The topological polar surface area (TPSA) is 383 Å². The number of aromatic nitrogens is 4. The van der Waals surface area contributed by atoms with Crippen molar-refractivity contribution in [2.75, 3.05) is 59.6 Å². The van der Waals surface area contributed by atoms with Gasteiger partial charge in [-0.15, -0.1) is 0 Å². The minimum absolute atomic E-state index is 0.0268. The summed E-state index contributed by atoms with van der Waals surface area (Å²) in [5.41, 5.74) is 14.7. The molecule has 102 heavy (non-hydrogen) atoms. The van der Waals surface area contributed by atoms with Gasteiger partial charge in [-0.2, -0.15) is 9.13 Å². The van der Waals surface area contributed by atoms with E-state index in [0.717, 1.165) is 62.5 Å². The molecule has 0 unspecified atom stereocenters. The molecule has 8 aromatic rings. The van der Waals surface area contributed by atoms with Crippen LogP contribution in [0.5, 0.6) is 0 Å². The molecule has 30 heteroatoms. The monoisotopic (exact) mass is 1430 g/mol.